The van der Waals surface area contributed by atoms with Crippen LogP contribution in [0.25, 0.3) is 11.3 Å². The van der Waals surface area contributed by atoms with Crippen LogP contribution in [0, 0.1) is 6.92 Å². The molecular formula is C18H15BrN2OS2. The smallest absolute Gasteiger partial charge is 0.234 e. The zero-order chi connectivity index (χ0) is 16.9. The number of carbonyl (C=O) groups is 1. The van der Waals surface area contributed by atoms with Gasteiger partial charge in [0.1, 0.15) is 0 Å². The number of nitrogens with zero attached hydrogens (tertiary/aromatic N) is 1. The van der Waals surface area contributed by atoms with Gasteiger partial charge in [0, 0.05) is 21.1 Å². The molecule has 0 aliphatic heterocycles. The standard InChI is InChI=1S/C18H15BrN2OS2/c1-12-5-7-13(8-6-12)16-10-23-18(21-16)24-11-17(22)20-15-4-2-3-14(19)9-15/h2-10H,11H2,1H3,(H,20,22). The van der Waals surface area contributed by atoms with Crippen molar-refractivity contribution in [1.82, 2.24) is 4.98 Å². The van der Waals surface area contributed by atoms with E-state index in [0.717, 1.165) is 25.8 Å². The molecule has 6 heteroatoms. The van der Waals surface area contributed by atoms with Gasteiger partial charge in [0.15, 0.2) is 4.34 Å². The molecule has 122 valence electrons. The Labute approximate surface area is 157 Å². The summed E-state index contributed by atoms with van der Waals surface area (Å²) in [7, 11) is 0. The minimum atomic E-state index is -0.0369. The number of aromatic nitrogens is 1. The van der Waals surface area contributed by atoms with Gasteiger partial charge < -0.3 is 5.32 Å². The van der Waals surface area contributed by atoms with Gasteiger partial charge in [-0.15, -0.1) is 11.3 Å². The first-order valence-electron chi connectivity index (χ1n) is 7.31. The largest absolute Gasteiger partial charge is 0.325 e. The number of halogens is 1. The second-order valence-corrected chi connectivity index (χ2v) is 8.21. The number of amides is 1. The molecule has 2 aromatic carbocycles. The number of rotatable bonds is 5. The topological polar surface area (TPSA) is 42.0 Å². The van der Waals surface area contributed by atoms with Crippen LogP contribution in [0.2, 0.25) is 0 Å². The van der Waals surface area contributed by atoms with Crippen LogP contribution in [0.4, 0.5) is 5.69 Å². The first-order chi connectivity index (χ1) is 11.6. The number of hydrogen-bond acceptors (Lipinski definition) is 4. The van der Waals surface area contributed by atoms with Crippen LogP contribution in [0.15, 0.2) is 62.7 Å². The van der Waals surface area contributed by atoms with Crippen molar-refractivity contribution >= 4 is 50.6 Å². The molecule has 0 fully saturated rings. The molecule has 0 unspecified atom stereocenters. The lowest BCUT2D eigenvalue weighted by Gasteiger charge is -2.04. The molecule has 0 bridgehead atoms. The van der Waals surface area contributed by atoms with Gasteiger partial charge in [-0.05, 0) is 25.1 Å². The summed E-state index contributed by atoms with van der Waals surface area (Å²) in [4.78, 5) is 16.6. The highest BCUT2D eigenvalue weighted by Crippen LogP contribution is 2.28. The number of thiazole rings is 1. The van der Waals surface area contributed by atoms with E-state index < -0.39 is 0 Å². The predicted octanol–water partition coefficient (Wildman–Crippen LogP) is 5.61. The zero-order valence-electron chi connectivity index (χ0n) is 13.0. The van der Waals surface area contributed by atoms with Gasteiger partial charge in [-0.3, -0.25) is 4.79 Å². The third-order valence-corrected chi connectivity index (χ3v) is 5.78. The highest BCUT2D eigenvalue weighted by Gasteiger charge is 2.08. The first kappa shape index (κ1) is 17.2. The fourth-order valence-electron chi connectivity index (χ4n) is 2.07. The third kappa shape index (κ3) is 4.69. The summed E-state index contributed by atoms with van der Waals surface area (Å²) >= 11 is 6.41. The summed E-state index contributed by atoms with van der Waals surface area (Å²) in [6, 6.07) is 15.8. The van der Waals surface area contributed by atoms with Crippen molar-refractivity contribution in [3.05, 3.63) is 63.9 Å². The summed E-state index contributed by atoms with van der Waals surface area (Å²) < 4.78 is 1.84. The summed E-state index contributed by atoms with van der Waals surface area (Å²) in [5, 5.41) is 4.91. The summed E-state index contributed by atoms with van der Waals surface area (Å²) in [5.41, 5.74) is 4.07. The zero-order valence-corrected chi connectivity index (χ0v) is 16.2. The Bertz CT molecular complexity index is 846. The number of benzene rings is 2. The third-order valence-electron chi connectivity index (χ3n) is 3.27. The molecule has 0 aliphatic carbocycles. The number of carbonyl (C=O) groups excluding carboxylic acids is 1. The minimum absolute atomic E-state index is 0.0369. The average molecular weight is 419 g/mol. The van der Waals surface area contributed by atoms with Crippen molar-refractivity contribution in [3.8, 4) is 11.3 Å². The lowest BCUT2D eigenvalue weighted by Crippen LogP contribution is -2.13. The summed E-state index contributed by atoms with van der Waals surface area (Å²) in [6.45, 7) is 2.07. The molecule has 0 radical (unpaired) electrons. The highest BCUT2D eigenvalue weighted by atomic mass is 79.9. The summed E-state index contributed by atoms with van der Waals surface area (Å²) in [5.74, 6) is 0.304. The normalized spacial score (nSPS) is 10.6. The van der Waals surface area contributed by atoms with Crippen molar-refractivity contribution in [3.63, 3.8) is 0 Å². The van der Waals surface area contributed by atoms with E-state index in [1.54, 1.807) is 11.3 Å². The van der Waals surface area contributed by atoms with Crippen LogP contribution in [0.5, 0.6) is 0 Å². The van der Waals surface area contributed by atoms with Crippen LogP contribution < -0.4 is 5.32 Å². The monoisotopic (exact) mass is 418 g/mol. The molecule has 3 nitrogen and oxygen atoms in total. The number of hydrogen-bond donors (Lipinski definition) is 1. The Kier molecular flexibility index (Phi) is 5.71. The highest BCUT2D eigenvalue weighted by molar-refractivity contribution is 9.10. The quantitative estimate of drug-likeness (QED) is 0.547. The van der Waals surface area contributed by atoms with Crippen LogP contribution >= 0.6 is 39.0 Å². The van der Waals surface area contributed by atoms with Gasteiger partial charge in [-0.2, -0.15) is 0 Å². The average Bonchev–Trinajstić information content (AvgIpc) is 3.03. The van der Waals surface area contributed by atoms with Gasteiger partial charge in [0.25, 0.3) is 0 Å². The van der Waals surface area contributed by atoms with Gasteiger partial charge in [-0.1, -0.05) is 63.6 Å². The molecule has 0 aliphatic rings. The first-order valence-corrected chi connectivity index (χ1v) is 9.97. The number of thioether (sulfide) groups is 1. The fourth-order valence-corrected chi connectivity index (χ4v) is 4.11. The maximum absolute atomic E-state index is 12.0. The fraction of sp³-hybridized carbons (Fsp3) is 0.111. The molecule has 0 saturated carbocycles. The minimum Gasteiger partial charge on any atom is -0.325 e. The van der Waals surface area contributed by atoms with Crippen molar-refractivity contribution in [2.24, 2.45) is 0 Å². The molecule has 1 aromatic heterocycles. The summed E-state index contributed by atoms with van der Waals surface area (Å²) in [6.07, 6.45) is 0. The van der Waals surface area contributed by atoms with Crippen molar-refractivity contribution in [1.29, 1.82) is 0 Å². The SMILES string of the molecule is Cc1ccc(-c2csc(SCC(=O)Nc3cccc(Br)c3)n2)cc1. The molecule has 1 N–H and O–H groups in total. The van der Waals surface area contributed by atoms with Crippen molar-refractivity contribution in [2.75, 3.05) is 11.1 Å². The molecule has 3 aromatic rings. The number of anilines is 1. The van der Waals surface area contributed by atoms with E-state index in [1.165, 1.54) is 17.3 Å². The Morgan fingerprint density at radius 3 is 2.79 bits per heavy atom. The second-order valence-electron chi connectivity index (χ2n) is 5.21. The van der Waals surface area contributed by atoms with Gasteiger partial charge in [-0.25, -0.2) is 4.98 Å². The molecule has 24 heavy (non-hydrogen) atoms. The Morgan fingerprint density at radius 2 is 2.04 bits per heavy atom. The Morgan fingerprint density at radius 1 is 1.25 bits per heavy atom. The maximum atomic E-state index is 12.0. The predicted molar refractivity (Wildman–Crippen MR) is 106 cm³/mol. The molecule has 0 saturated heterocycles. The van der Waals surface area contributed by atoms with Crippen molar-refractivity contribution in [2.45, 2.75) is 11.3 Å². The van der Waals surface area contributed by atoms with Gasteiger partial charge >= 0.3 is 0 Å². The van der Waals surface area contributed by atoms with E-state index in [0.29, 0.717) is 5.75 Å². The van der Waals surface area contributed by atoms with E-state index in [2.05, 4.69) is 57.4 Å². The van der Waals surface area contributed by atoms with E-state index >= 15 is 0 Å². The van der Waals surface area contributed by atoms with Gasteiger partial charge in [0.2, 0.25) is 5.91 Å². The molecule has 3 rings (SSSR count). The molecule has 1 heterocycles. The van der Waals surface area contributed by atoms with Crippen molar-refractivity contribution < 1.29 is 4.79 Å². The van der Waals surface area contributed by atoms with E-state index in [9.17, 15) is 4.79 Å². The lowest BCUT2D eigenvalue weighted by molar-refractivity contribution is -0.113. The molecule has 0 spiro atoms. The van der Waals surface area contributed by atoms with E-state index in [-0.39, 0.29) is 5.91 Å². The molecule has 0 atom stereocenters. The lowest BCUT2D eigenvalue weighted by atomic mass is 10.1. The second kappa shape index (κ2) is 7.96. The maximum Gasteiger partial charge on any atom is 0.234 e. The Hall–Kier alpha value is -1.63. The molecule has 1 amide bonds. The van der Waals surface area contributed by atoms with Crippen LogP contribution in [-0.2, 0) is 4.79 Å². The number of nitrogens with one attached hydrogen (secondary N) is 1. The van der Waals surface area contributed by atoms with Crippen LogP contribution in [0.3, 0.4) is 0 Å². The van der Waals surface area contributed by atoms with Gasteiger partial charge in [0.05, 0.1) is 11.4 Å². The molecular weight excluding hydrogens is 404 g/mol. The number of aryl methyl sites for hydroxylation is 1. The Balaban J connectivity index is 1.57. The van der Waals surface area contributed by atoms with Crippen LogP contribution in [-0.4, -0.2) is 16.6 Å². The van der Waals surface area contributed by atoms with E-state index in [4.69, 9.17) is 0 Å². The van der Waals surface area contributed by atoms with E-state index in [1.807, 2.05) is 29.6 Å². The van der Waals surface area contributed by atoms with Crippen LogP contribution in [0.1, 0.15) is 5.56 Å².